The van der Waals surface area contributed by atoms with Crippen molar-refractivity contribution in [2.75, 3.05) is 5.32 Å². The van der Waals surface area contributed by atoms with Gasteiger partial charge in [0.25, 0.3) is 0 Å². The van der Waals surface area contributed by atoms with Crippen molar-refractivity contribution >= 4 is 21.6 Å². The lowest BCUT2D eigenvalue weighted by Gasteiger charge is -2.15. The highest BCUT2D eigenvalue weighted by Gasteiger charge is 2.32. The number of nitrogens with zero attached hydrogens (tertiary/aromatic N) is 1. The van der Waals surface area contributed by atoms with Crippen LogP contribution in [0.5, 0.6) is 0 Å². The summed E-state index contributed by atoms with van der Waals surface area (Å²) in [6.45, 7) is 0. The molecule has 1 aromatic rings. The predicted octanol–water partition coefficient (Wildman–Crippen LogP) is 2.70. The first-order chi connectivity index (χ1) is 10.5. The number of nitrogens with one attached hydrogen (secondary N) is 1. The molecule has 0 spiro atoms. The second-order valence-corrected chi connectivity index (χ2v) is 8.65. The molecule has 6 heteroatoms. The Hall–Kier alpha value is -1.40. The Labute approximate surface area is 131 Å². The van der Waals surface area contributed by atoms with Crippen LogP contribution in [0.15, 0.2) is 10.4 Å². The number of nitrogens with two attached hydrogens (primary N) is 1. The van der Waals surface area contributed by atoms with Gasteiger partial charge in [-0.05, 0) is 73.6 Å². The van der Waals surface area contributed by atoms with Gasteiger partial charge in [0.15, 0.2) is 0 Å². The van der Waals surface area contributed by atoms with E-state index in [9.17, 15) is 9.00 Å². The average molecular weight is 319 g/mol. The van der Waals surface area contributed by atoms with Gasteiger partial charge < -0.3 is 5.32 Å². The van der Waals surface area contributed by atoms with Crippen molar-refractivity contribution in [3.63, 3.8) is 0 Å². The Kier molecular flexibility index (Phi) is 3.27. The third-order valence-corrected chi connectivity index (χ3v) is 6.81. The minimum atomic E-state index is -2.87. The van der Waals surface area contributed by atoms with Crippen LogP contribution in [0.4, 0.5) is 10.5 Å². The lowest BCUT2D eigenvalue weighted by atomic mass is 9.99. The summed E-state index contributed by atoms with van der Waals surface area (Å²) in [6.07, 6.45) is 8.04. The van der Waals surface area contributed by atoms with E-state index >= 15 is 0 Å². The van der Waals surface area contributed by atoms with E-state index in [4.69, 9.17) is 5.14 Å². The third kappa shape index (κ3) is 2.44. The molecular weight excluding hydrogens is 298 g/mol. The minimum Gasteiger partial charge on any atom is -0.305 e. The smallest absolute Gasteiger partial charge is 0.305 e. The number of rotatable bonds is 2. The summed E-state index contributed by atoms with van der Waals surface area (Å²) >= 11 is 0. The first-order valence-corrected chi connectivity index (χ1v) is 9.70. The second kappa shape index (κ2) is 5.06. The lowest BCUT2D eigenvalue weighted by Crippen LogP contribution is -2.22. The van der Waals surface area contributed by atoms with Crippen molar-refractivity contribution in [2.45, 2.75) is 56.6 Å². The van der Waals surface area contributed by atoms with Crippen molar-refractivity contribution in [1.82, 2.24) is 0 Å². The van der Waals surface area contributed by atoms with E-state index in [-0.39, 0.29) is 5.25 Å². The summed E-state index contributed by atoms with van der Waals surface area (Å²) < 4.78 is 15.9. The summed E-state index contributed by atoms with van der Waals surface area (Å²) in [4.78, 5) is 12.2. The van der Waals surface area contributed by atoms with Crippen LogP contribution in [0.25, 0.3) is 0 Å². The first kappa shape index (κ1) is 14.2. The molecule has 0 aromatic heterocycles. The Bertz CT molecular complexity index is 742. The lowest BCUT2D eigenvalue weighted by molar-refractivity contribution is 0.260. The maximum absolute atomic E-state index is 12.2. The molecule has 2 amide bonds. The summed E-state index contributed by atoms with van der Waals surface area (Å²) in [5.41, 5.74) is 6.14. The summed E-state index contributed by atoms with van der Waals surface area (Å²) in [7, 11) is -2.87. The van der Waals surface area contributed by atoms with Gasteiger partial charge in [0, 0.05) is 5.69 Å². The molecule has 0 bridgehead atoms. The van der Waals surface area contributed by atoms with Gasteiger partial charge in [0.05, 0.1) is 5.25 Å². The molecule has 1 aromatic carbocycles. The van der Waals surface area contributed by atoms with Crippen LogP contribution in [-0.4, -0.2) is 15.5 Å². The van der Waals surface area contributed by atoms with Crippen LogP contribution in [0.1, 0.15) is 47.9 Å². The summed E-state index contributed by atoms with van der Waals surface area (Å²) in [5.74, 6) is 0. The molecule has 1 unspecified atom stereocenters. The van der Waals surface area contributed by atoms with Crippen LogP contribution in [0, 0.1) is 0 Å². The predicted molar refractivity (Wildman–Crippen MR) is 87.3 cm³/mol. The number of aryl methyl sites for hydroxylation is 2. The highest BCUT2D eigenvalue weighted by molar-refractivity contribution is 7.92. The van der Waals surface area contributed by atoms with E-state index < -0.39 is 15.9 Å². The fraction of sp³-hybridized carbons (Fsp3) is 0.562. The molecule has 0 heterocycles. The van der Waals surface area contributed by atoms with Gasteiger partial charge in [-0.25, -0.2) is 14.1 Å². The molecule has 0 radical (unpaired) electrons. The maximum atomic E-state index is 12.2. The van der Waals surface area contributed by atoms with Crippen molar-refractivity contribution in [3.8, 4) is 0 Å². The molecule has 3 aliphatic carbocycles. The topological polar surface area (TPSA) is 84.6 Å². The van der Waals surface area contributed by atoms with Gasteiger partial charge in [-0.3, -0.25) is 0 Å². The summed E-state index contributed by atoms with van der Waals surface area (Å²) in [6, 6.07) is 1.77. The molecule has 118 valence electrons. The molecule has 1 atom stereocenters. The van der Waals surface area contributed by atoms with Crippen molar-refractivity contribution < 1.29 is 9.00 Å². The Balaban J connectivity index is 1.69. The number of hydrogen-bond donors (Lipinski definition) is 2. The molecule has 4 rings (SSSR count). The number of amides is 2. The second-order valence-electron chi connectivity index (χ2n) is 6.57. The number of carbonyl (C=O) groups excluding carboxylic acids is 1. The van der Waals surface area contributed by atoms with Crippen LogP contribution in [0.2, 0.25) is 0 Å². The standard InChI is InChI=1S/C16H21N3O2S/c17-22(21,12-7-8-12)19-16(20)18-15-13-5-1-3-10(13)9-11-4-2-6-14(11)15/h9,12H,1-8H2,(H3,17,18,19,20,21). The molecule has 0 aliphatic heterocycles. The minimum absolute atomic E-state index is 0.106. The van der Waals surface area contributed by atoms with E-state index in [1.807, 2.05) is 0 Å². The van der Waals surface area contributed by atoms with Gasteiger partial charge in [-0.1, -0.05) is 6.07 Å². The number of fused-ring (bicyclic) bond motifs is 2. The molecule has 1 fully saturated rings. The molecule has 5 nitrogen and oxygen atoms in total. The number of urea groups is 1. The van der Waals surface area contributed by atoms with Gasteiger partial charge in [0.2, 0.25) is 0 Å². The van der Waals surface area contributed by atoms with E-state index in [1.54, 1.807) is 0 Å². The normalized spacial score (nSPS) is 21.9. The fourth-order valence-corrected chi connectivity index (χ4v) is 4.97. The van der Waals surface area contributed by atoms with E-state index in [1.165, 1.54) is 22.3 Å². The molecule has 0 saturated heterocycles. The molecule has 1 saturated carbocycles. The SMILES string of the molecule is NS(=O)(=NC(=O)Nc1c2c(cc3c1CCC3)CCC2)C1CC1. The van der Waals surface area contributed by atoms with Crippen LogP contribution in [-0.2, 0) is 35.6 Å². The van der Waals surface area contributed by atoms with Gasteiger partial charge in [-0.2, -0.15) is 0 Å². The van der Waals surface area contributed by atoms with Crippen molar-refractivity contribution in [3.05, 3.63) is 28.3 Å². The van der Waals surface area contributed by atoms with E-state index in [0.29, 0.717) is 0 Å². The maximum Gasteiger partial charge on any atom is 0.354 e. The zero-order valence-corrected chi connectivity index (χ0v) is 13.4. The number of anilines is 1. The van der Waals surface area contributed by atoms with E-state index in [2.05, 4.69) is 15.7 Å². The molecule has 22 heavy (non-hydrogen) atoms. The number of hydrogen-bond acceptors (Lipinski definition) is 2. The largest absolute Gasteiger partial charge is 0.354 e. The zero-order chi connectivity index (χ0) is 15.3. The van der Waals surface area contributed by atoms with Gasteiger partial charge in [0.1, 0.15) is 9.92 Å². The Morgan fingerprint density at radius 1 is 1.14 bits per heavy atom. The Morgan fingerprint density at radius 3 is 2.27 bits per heavy atom. The van der Waals surface area contributed by atoms with Crippen molar-refractivity contribution in [1.29, 1.82) is 0 Å². The zero-order valence-electron chi connectivity index (χ0n) is 12.6. The van der Waals surface area contributed by atoms with E-state index in [0.717, 1.165) is 57.1 Å². The van der Waals surface area contributed by atoms with Crippen molar-refractivity contribution in [2.24, 2.45) is 9.50 Å². The third-order valence-electron chi connectivity index (χ3n) is 4.93. The first-order valence-electron chi connectivity index (χ1n) is 8.06. The van der Waals surface area contributed by atoms with Gasteiger partial charge in [-0.15, -0.1) is 4.36 Å². The highest BCUT2D eigenvalue weighted by Crippen LogP contribution is 2.38. The fourth-order valence-electron chi connectivity index (χ4n) is 3.71. The van der Waals surface area contributed by atoms with Crippen LogP contribution >= 0.6 is 0 Å². The molecule has 3 N–H and O–H groups in total. The molecular formula is C16H21N3O2S. The number of carbonyl (C=O) groups is 1. The molecule has 3 aliphatic rings. The van der Waals surface area contributed by atoms with Gasteiger partial charge >= 0.3 is 6.03 Å². The monoisotopic (exact) mass is 319 g/mol. The number of benzene rings is 1. The van der Waals surface area contributed by atoms with Crippen LogP contribution in [0.3, 0.4) is 0 Å². The summed E-state index contributed by atoms with van der Waals surface area (Å²) in [5, 5.41) is 8.51. The Morgan fingerprint density at radius 2 is 1.73 bits per heavy atom. The highest BCUT2D eigenvalue weighted by atomic mass is 32.2. The average Bonchev–Trinajstić information content (AvgIpc) is 3.05. The van der Waals surface area contributed by atoms with Crippen LogP contribution < -0.4 is 10.5 Å². The quantitative estimate of drug-likeness (QED) is 0.878.